The van der Waals surface area contributed by atoms with Crippen LogP contribution in [0.3, 0.4) is 0 Å². The Labute approximate surface area is 121 Å². The maximum absolute atomic E-state index is 11.1. The molecule has 0 aliphatic carbocycles. The summed E-state index contributed by atoms with van der Waals surface area (Å²) in [5.74, 6) is 0.844. The van der Waals surface area contributed by atoms with Gasteiger partial charge in [0.1, 0.15) is 5.75 Å². The van der Waals surface area contributed by atoms with Crippen LogP contribution in [0.25, 0.3) is 0 Å². The highest BCUT2D eigenvalue weighted by Gasteiger charge is 2.07. The molecule has 1 unspecified atom stereocenters. The zero-order valence-corrected chi connectivity index (χ0v) is 13.0. The van der Waals surface area contributed by atoms with E-state index in [9.17, 15) is 4.79 Å². The molecule has 0 spiro atoms. The van der Waals surface area contributed by atoms with E-state index in [0.29, 0.717) is 19.1 Å². The van der Waals surface area contributed by atoms with E-state index in [-0.39, 0.29) is 5.91 Å². The topological polar surface area (TPSA) is 50.4 Å². The highest BCUT2D eigenvalue weighted by atomic mass is 16.5. The fourth-order valence-electron chi connectivity index (χ4n) is 1.96. The Morgan fingerprint density at radius 2 is 2.15 bits per heavy atom. The van der Waals surface area contributed by atoms with Crippen LogP contribution in [-0.2, 0) is 4.79 Å². The summed E-state index contributed by atoms with van der Waals surface area (Å²) in [4.78, 5) is 11.1. The molecule has 0 saturated heterocycles. The van der Waals surface area contributed by atoms with Crippen LogP contribution in [0, 0.1) is 6.92 Å². The highest BCUT2D eigenvalue weighted by Crippen LogP contribution is 2.22. The molecule has 0 aromatic heterocycles. The van der Waals surface area contributed by atoms with Gasteiger partial charge in [0.15, 0.2) is 0 Å². The largest absolute Gasteiger partial charge is 0.493 e. The van der Waals surface area contributed by atoms with Crippen molar-refractivity contribution >= 4 is 5.91 Å². The molecule has 1 aromatic carbocycles. The summed E-state index contributed by atoms with van der Waals surface area (Å²) in [6.45, 7) is 7.78. The first-order valence-corrected chi connectivity index (χ1v) is 7.25. The van der Waals surface area contributed by atoms with Crippen molar-refractivity contribution in [3.05, 3.63) is 29.3 Å². The molecule has 20 heavy (non-hydrogen) atoms. The average molecular weight is 278 g/mol. The Hall–Kier alpha value is -1.55. The van der Waals surface area contributed by atoms with Crippen molar-refractivity contribution < 1.29 is 9.53 Å². The van der Waals surface area contributed by atoms with Gasteiger partial charge >= 0.3 is 0 Å². The van der Waals surface area contributed by atoms with Crippen LogP contribution in [0.4, 0.5) is 0 Å². The third kappa shape index (κ3) is 5.21. The number of hydrogen-bond acceptors (Lipinski definition) is 3. The van der Waals surface area contributed by atoms with Gasteiger partial charge in [0, 0.05) is 13.1 Å². The quantitative estimate of drug-likeness (QED) is 0.768. The lowest BCUT2D eigenvalue weighted by molar-refractivity contribution is -0.121. The maximum atomic E-state index is 11.1. The Balaban J connectivity index is 2.56. The van der Waals surface area contributed by atoms with Gasteiger partial charge in [-0.15, -0.1) is 0 Å². The molecule has 0 heterocycles. The molecule has 0 bridgehead atoms. The molecule has 0 aliphatic rings. The lowest BCUT2D eigenvalue weighted by Gasteiger charge is -2.16. The van der Waals surface area contributed by atoms with Crippen molar-refractivity contribution in [2.24, 2.45) is 0 Å². The molecule has 0 fully saturated rings. The lowest BCUT2D eigenvalue weighted by atomic mass is 10.0. The first-order valence-electron chi connectivity index (χ1n) is 7.25. The second kappa shape index (κ2) is 8.59. The lowest BCUT2D eigenvalue weighted by Crippen LogP contribution is -2.20. The van der Waals surface area contributed by atoms with Gasteiger partial charge in [-0.25, -0.2) is 0 Å². The van der Waals surface area contributed by atoms with Crippen LogP contribution in [0.2, 0.25) is 0 Å². The highest BCUT2D eigenvalue weighted by molar-refractivity contribution is 5.75. The summed E-state index contributed by atoms with van der Waals surface area (Å²) in [5.41, 5.74) is 2.36. The zero-order chi connectivity index (χ0) is 15.0. The molecule has 0 saturated carbocycles. The number of aryl methyl sites for hydroxylation is 1. The zero-order valence-electron chi connectivity index (χ0n) is 13.0. The van der Waals surface area contributed by atoms with E-state index in [1.165, 1.54) is 5.56 Å². The molecular weight excluding hydrogens is 252 g/mol. The van der Waals surface area contributed by atoms with E-state index < -0.39 is 0 Å². The number of nitrogens with one attached hydrogen (secondary N) is 2. The number of rotatable bonds is 8. The minimum atomic E-state index is -0.00309. The Bertz CT molecular complexity index is 432. The van der Waals surface area contributed by atoms with Crippen LogP contribution in [-0.4, -0.2) is 26.1 Å². The van der Waals surface area contributed by atoms with E-state index in [1.54, 1.807) is 7.05 Å². The van der Waals surface area contributed by atoms with Crippen LogP contribution < -0.4 is 15.4 Å². The minimum absolute atomic E-state index is 0.00309. The van der Waals surface area contributed by atoms with Gasteiger partial charge in [-0.3, -0.25) is 4.79 Å². The molecule has 0 radical (unpaired) electrons. The molecule has 1 amide bonds. The summed E-state index contributed by atoms with van der Waals surface area (Å²) < 4.78 is 5.64. The van der Waals surface area contributed by atoms with Gasteiger partial charge < -0.3 is 15.4 Å². The predicted octanol–water partition coefficient (Wildman–Crippen LogP) is 2.57. The Morgan fingerprint density at radius 3 is 2.75 bits per heavy atom. The average Bonchev–Trinajstić information content (AvgIpc) is 2.46. The molecule has 1 atom stereocenters. The minimum Gasteiger partial charge on any atom is -0.493 e. The molecule has 0 aliphatic heterocycles. The number of hydrogen-bond donors (Lipinski definition) is 2. The monoisotopic (exact) mass is 278 g/mol. The molecule has 4 heteroatoms. The summed E-state index contributed by atoms with van der Waals surface area (Å²) in [5, 5.41) is 6.05. The van der Waals surface area contributed by atoms with Crippen molar-refractivity contribution in [2.75, 3.05) is 20.2 Å². The number of carbonyl (C=O) groups is 1. The van der Waals surface area contributed by atoms with Gasteiger partial charge in [-0.05, 0) is 44.0 Å². The van der Waals surface area contributed by atoms with Gasteiger partial charge in [-0.2, -0.15) is 0 Å². The van der Waals surface area contributed by atoms with Gasteiger partial charge in [0.2, 0.25) is 5.91 Å². The number of carbonyl (C=O) groups excluding carboxylic acids is 1. The van der Waals surface area contributed by atoms with Gasteiger partial charge in [-0.1, -0.05) is 19.1 Å². The first-order chi connectivity index (χ1) is 9.58. The summed E-state index contributed by atoms with van der Waals surface area (Å²) in [7, 11) is 1.63. The predicted molar refractivity (Wildman–Crippen MR) is 82.1 cm³/mol. The fraction of sp³-hybridized carbons (Fsp3) is 0.562. The molecule has 2 N–H and O–H groups in total. The third-order valence-corrected chi connectivity index (χ3v) is 3.27. The first kappa shape index (κ1) is 16.5. The second-order valence-electron chi connectivity index (χ2n) is 4.97. The fourth-order valence-corrected chi connectivity index (χ4v) is 1.96. The Morgan fingerprint density at radius 1 is 1.40 bits per heavy atom. The molecule has 4 nitrogen and oxygen atoms in total. The van der Waals surface area contributed by atoms with Crippen LogP contribution >= 0.6 is 0 Å². The molecule has 1 aromatic rings. The van der Waals surface area contributed by atoms with Crippen LogP contribution in [0.15, 0.2) is 18.2 Å². The van der Waals surface area contributed by atoms with E-state index in [2.05, 4.69) is 36.6 Å². The number of amides is 1. The van der Waals surface area contributed by atoms with Gasteiger partial charge in [0.25, 0.3) is 0 Å². The molecule has 1 rings (SSSR count). The van der Waals surface area contributed by atoms with E-state index in [0.717, 1.165) is 24.3 Å². The number of ether oxygens (including phenoxy) is 1. The third-order valence-electron chi connectivity index (χ3n) is 3.27. The smallest absolute Gasteiger partial charge is 0.223 e. The SMILES string of the molecule is CCCNC(C)c1ccc(OCCC(=O)NC)c(C)c1. The van der Waals surface area contributed by atoms with E-state index >= 15 is 0 Å². The van der Waals surface area contributed by atoms with Crippen LogP contribution in [0.5, 0.6) is 5.75 Å². The molecule has 112 valence electrons. The second-order valence-corrected chi connectivity index (χ2v) is 4.97. The summed E-state index contributed by atoms with van der Waals surface area (Å²) in [6.07, 6.45) is 1.51. The van der Waals surface area contributed by atoms with Crippen LogP contribution in [0.1, 0.15) is 43.9 Å². The summed E-state index contributed by atoms with van der Waals surface area (Å²) in [6, 6.07) is 6.55. The van der Waals surface area contributed by atoms with Gasteiger partial charge in [0.05, 0.1) is 13.0 Å². The number of benzene rings is 1. The van der Waals surface area contributed by atoms with E-state index in [4.69, 9.17) is 4.74 Å². The van der Waals surface area contributed by atoms with Crippen molar-refractivity contribution in [3.63, 3.8) is 0 Å². The van der Waals surface area contributed by atoms with Crippen molar-refractivity contribution in [3.8, 4) is 5.75 Å². The van der Waals surface area contributed by atoms with Crippen molar-refractivity contribution in [1.29, 1.82) is 0 Å². The van der Waals surface area contributed by atoms with Crippen molar-refractivity contribution in [1.82, 2.24) is 10.6 Å². The van der Waals surface area contributed by atoms with Crippen molar-refractivity contribution in [2.45, 2.75) is 39.7 Å². The Kier molecular flexibility index (Phi) is 7.09. The maximum Gasteiger partial charge on any atom is 0.223 e. The summed E-state index contributed by atoms with van der Waals surface area (Å²) >= 11 is 0. The van der Waals surface area contributed by atoms with E-state index in [1.807, 2.05) is 13.0 Å². The standard InChI is InChI=1S/C16H26N2O2/c1-5-9-18-13(3)14-6-7-15(12(2)11-14)20-10-8-16(19)17-4/h6-7,11,13,18H,5,8-10H2,1-4H3,(H,17,19). The molecular formula is C16H26N2O2. The normalized spacial score (nSPS) is 12.0.